The molecule has 0 aromatic heterocycles. The Morgan fingerprint density at radius 1 is 1.18 bits per heavy atom. The number of esters is 2. The van der Waals surface area contributed by atoms with Crippen molar-refractivity contribution in [3.63, 3.8) is 0 Å². The van der Waals surface area contributed by atoms with Gasteiger partial charge in [-0.05, 0) is 30.1 Å². The van der Waals surface area contributed by atoms with Crippen LogP contribution >= 0.6 is 0 Å². The van der Waals surface area contributed by atoms with Crippen LogP contribution in [-0.2, 0) is 28.5 Å². The van der Waals surface area contributed by atoms with Crippen LogP contribution in [0.5, 0.6) is 0 Å². The monoisotopic (exact) mass is 388 g/mol. The van der Waals surface area contributed by atoms with Crippen LogP contribution in [0.1, 0.15) is 13.8 Å². The van der Waals surface area contributed by atoms with E-state index in [9.17, 15) is 19.8 Å². The lowest BCUT2D eigenvalue weighted by Crippen LogP contribution is -2.77. The number of carbonyl (C=O) groups is 2. The maximum atomic E-state index is 13.3. The third-order valence-corrected chi connectivity index (χ3v) is 7.83. The molecule has 8 heteroatoms. The second-order valence-electron chi connectivity index (χ2n) is 8.47. The molecule has 28 heavy (non-hydrogen) atoms. The third-order valence-electron chi connectivity index (χ3n) is 7.83. The molecular formula is C20H20O8. The van der Waals surface area contributed by atoms with E-state index in [-0.39, 0.29) is 18.8 Å². The molecule has 2 spiro atoms. The standard InChI is InChI=1S/C20H20O8/c1-7-12-11-3-4-25-17(23)19(11)8(2)20(14(12)21)13-9(15(19)28-7)5-26-16(22)10(13)6-27-18(20)24/h3,6-8,12,14-15,18,21,24H,4-5H2,1-2H3/t7-,8-,12-,14-,15-,18-,19+,20+/m0/s1. The summed E-state index contributed by atoms with van der Waals surface area (Å²) in [6.45, 7) is 3.72. The first kappa shape index (κ1) is 16.8. The first-order valence-corrected chi connectivity index (χ1v) is 9.53. The van der Waals surface area contributed by atoms with Gasteiger partial charge in [0.05, 0.1) is 23.2 Å². The highest BCUT2D eigenvalue weighted by atomic mass is 16.6. The molecule has 2 N–H and O–H groups in total. The van der Waals surface area contributed by atoms with Gasteiger partial charge in [-0.15, -0.1) is 0 Å². The summed E-state index contributed by atoms with van der Waals surface area (Å²) >= 11 is 0. The Kier molecular flexibility index (Phi) is 2.92. The van der Waals surface area contributed by atoms with Crippen LogP contribution in [-0.4, -0.2) is 60.0 Å². The zero-order valence-electron chi connectivity index (χ0n) is 15.4. The molecular weight excluding hydrogens is 368 g/mol. The van der Waals surface area contributed by atoms with Crippen molar-refractivity contribution < 1.29 is 38.7 Å². The molecule has 3 bridgehead atoms. The Labute approximate surface area is 160 Å². The largest absolute Gasteiger partial charge is 0.471 e. The molecule has 6 rings (SSSR count). The molecule has 0 aromatic rings. The Hall–Kier alpha value is -2.16. The first-order valence-electron chi connectivity index (χ1n) is 9.53. The summed E-state index contributed by atoms with van der Waals surface area (Å²) in [5, 5.41) is 22.7. The predicted molar refractivity (Wildman–Crippen MR) is 90.1 cm³/mol. The van der Waals surface area contributed by atoms with E-state index in [1.807, 2.05) is 13.0 Å². The Bertz CT molecular complexity index is 930. The molecule has 0 radical (unpaired) electrons. The number of aliphatic hydroxyl groups is 2. The molecule has 2 aliphatic carbocycles. The summed E-state index contributed by atoms with van der Waals surface area (Å²) in [6.07, 6.45) is -0.574. The molecule has 148 valence electrons. The van der Waals surface area contributed by atoms with Gasteiger partial charge in [0, 0.05) is 11.5 Å². The lowest BCUT2D eigenvalue weighted by molar-refractivity contribution is -0.285. The number of cyclic esters (lactones) is 2. The van der Waals surface area contributed by atoms with Crippen molar-refractivity contribution in [3.05, 3.63) is 34.6 Å². The average Bonchev–Trinajstić information content (AvgIpc) is 2.66. The number of hydrogen-bond acceptors (Lipinski definition) is 8. The van der Waals surface area contributed by atoms with Crippen LogP contribution < -0.4 is 0 Å². The summed E-state index contributed by atoms with van der Waals surface area (Å²) in [5.74, 6) is -2.15. The molecule has 4 aliphatic heterocycles. The summed E-state index contributed by atoms with van der Waals surface area (Å²) in [7, 11) is 0. The van der Waals surface area contributed by atoms with Crippen molar-refractivity contribution >= 4 is 11.9 Å². The smallest absolute Gasteiger partial charge is 0.341 e. The Morgan fingerprint density at radius 2 is 1.96 bits per heavy atom. The fraction of sp³-hybridized carbons (Fsp3) is 0.600. The number of fused-ring (bicyclic) bond motifs is 1. The fourth-order valence-electron chi connectivity index (χ4n) is 6.80. The van der Waals surface area contributed by atoms with Crippen LogP contribution in [0.25, 0.3) is 0 Å². The fourth-order valence-corrected chi connectivity index (χ4v) is 6.80. The second-order valence-corrected chi connectivity index (χ2v) is 8.47. The molecule has 0 unspecified atom stereocenters. The van der Waals surface area contributed by atoms with Crippen LogP contribution in [0.15, 0.2) is 34.6 Å². The lowest BCUT2D eigenvalue weighted by atomic mass is 9.38. The molecule has 8 nitrogen and oxygen atoms in total. The number of ether oxygens (including phenoxy) is 4. The molecule has 2 fully saturated rings. The molecule has 0 amide bonds. The third kappa shape index (κ3) is 1.41. The minimum atomic E-state index is -1.42. The van der Waals surface area contributed by atoms with Gasteiger partial charge < -0.3 is 29.2 Å². The van der Waals surface area contributed by atoms with Crippen LogP contribution in [0.4, 0.5) is 0 Å². The van der Waals surface area contributed by atoms with E-state index in [4.69, 9.17) is 18.9 Å². The lowest BCUT2D eigenvalue weighted by Gasteiger charge is -2.69. The highest BCUT2D eigenvalue weighted by Crippen LogP contribution is 2.72. The van der Waals surface area contributed by atoms with E-state index in [0.29, 0.717) is 11.1 Å². The van der Waals surface area contributed by atoms with Crippen molar-refractivity contribution in [2.45, 2.75) is 38.4 Å². The molecule has 6 aliphatic rings. The maximum Gasteiger partial charge on any atom is 0.341 e. The van der Waals surface area contributed by atoms with Crippen molar-refractivity contribution in [1.82, 2.24) is 0 Å². The van der Waals surface area contributed by atoms with Crippen molar-refractivity contribution in [1.29, 1.82) is 0 Å². The second kappa shape index (κ2) is 4.87. The first-order chi connectivity index (χ1) is 13.4. The summed E-state index contributed by atoms with van der Waals surface area (Å²) in [5.41, 5.74) is -0.473. The van der Waals surface area contributed by atoms with Crippen LogP contribution in [0.3, 0.4) is 0 Å². The van der Waals surface area contributed by atoms with Gasteiger partial charge in [-0.3, -0.25) is 4.79 Å². The summed E-state index contributed by atoms with van der Waals surface area (Å²) in [6, 6.07) is 0. The molecule has 0 aromatic carbocycles. The van der Waals surface area contributed by atoms with Crippen LogP contribution in [0.2, 0.25) is 0 Å². The van der Waals surface area contributed by atoms with Gasteiger partial charge in [0.2, 0.25) is 6.29 Å². The summed E-state index contributed by atoms with van der Waals surface area (Å²) in [4.78, 5) is 25.7. The highest BCUT2D eigenvalue weighted by Gasteiger charge is 2.79. The quantitative estimate of drug-likeness (QED) is 0.439. The van der Waals surface area contributed by atoms with E-state index < -0.39 is 59.2 Å². The predicted octanol–water partition coefficient (Wildman–Crippen LogP) is -0.0440. The minimum Gasteiger partial charge on any atom is -0.471 e. The van der Waals surface area contributed by atoms with Gasteiger partial charge in [-0.2, -0.15) is 0 Å². The zero-order valence-corrected chi connectivity index (χ0v) is 15.4. The number of hydrogen-bond donors (Lipinski definition) is 2. The van der Waals surface area contributed by atoms with Gasteiger partial charge in [0.15, 0.2) is 0 Å². The SMILES string of the molecule is C[C@@H]1O[C@H]2C3=C4C(=CO[C@H](O)[C@@]45[C@@H](O)[C@@H]1C1=CCOC(=O)[C@]12[C@@H]5C)C(=O)OC3. The van der Waals surface area contributed by atoms with Gasteiger partial charge in [-0.25, -0.2) is 4.79 Å². The van der Waals surface area contributed by atoms with Gasteiger partial charge in [0.1, 0.15) is 31.0 Å². The van der Waals surface area contributed by atoms with E-state index in [1.54, 1.807) is 6.92 Å². The highest BCUT2D eigenvalue weighted by molar-refractivity contribution is 5.97. The van der Waals surface area contributed by atoms with Crippen molar-refractivity contribution in [2.75, 3.05) is 13.2 Å². The molecule has 1 saturated heterocycles. The van der Waals surface area contributed by atoms with E-state index >= 15 is 0 Å². The number of aliphatic hydroxyl groups excluding tert-OH is 2. The average molecular weight is 388 g/mol. The number of carbonyl (C=O) groups excluding carboxylic acids is 2. The molecule has 1 saturated carbocycles. The number of rotatable bonds is 0. The molecule has 8 atom stereocenters. The van der Waals surface area contributed by atoms with Gasteiger partial charge >= 0.3 is 11.9 Å². The van der Waals surface area contributed by atoms with E-state index in [1.165, 1.54) is 6.26 Å². The van der Waals surface area contributed by atoms with Gasteiger partial charge in [0.25, 0.3) is 0 Å². The van der Waals surface area contributed by atoms with E-state index in [2.05, 4.69) is 0 Å². The van der Waals surface area contributed by atoms with Crippen LogP contribution in [0, 0.1) is 22.7 Å². The maximum absolute atomic E-state index is 13.3. The van der Waals surface area contributed by atoms with Crippen molar-refractivity contribution in [2.24, 2.45) is 22.7 Å². The van der Waals surface area contributed by atoms with E-state index in [0.717, 1.165) is 5.57 Å². The Morgan fingerprint density at radius 3 is 2.75 bits per heavy atom. The molecule has 4 heterocycles. The zero-order chi connectivity index (χ0) is 19.6. The topological polar surface area (TPSA) is 112 Å². The van der Waals surface area contributed by atoms with Gasteiger partial charge in [-0.1, -0.05) is 6.92 Å². The Balaban J connectivity index is 1.78. The van der Waals surface area contributed by atoms with Crippen molar-refractivity contribution in [3.8, 4) is 0 Å². The normalized spacial score (nSPS) is 50.6. The minimum absolute atomic E-state index is 0.0657. The summed E-state index contributed by atoms with van der Waals surface area (Å²) < 4.78 is 22.6.